The molecule has 0 atom stereocenters. The van der Waals surface area contributed by atoms with Crippen LogP contribution in [-0.4, -0.2) is 49.6 Å². The number of fused-ring (bicyclic) bond motifs is 1. The molecule has 0 saturated carbocycles. The maximum atomic E-state index is 14.0. The maximum Gasteiger partial charge on any atom is 0.266 e. The van der Waals surface area contributed by atoms with Crippen molar-refractivity contribution in [3.05, 3.63) is 52.3 Å². The number of rotatable bonds is 7. The summed E-state index contributed by atoms with van der Waals surface area (Å²) in [6.45, 7) is 0.782. The zero-order chi connectivity index (χ0) is 20.3. The largest absolute Gasteiger partial charge is 0.482 e. The number of carbonyl (C=O) groups excluding carboxylic acids is 1. The highest BCUT2D eigenvalue weighted by Gasteiger charge is 2.21. The number of likely N-dealkylation sites (N-methyl/N-ethyl adjacent to an activating group) is 1. The summed E-state index contributed by atoms with van der Waals surface area (Å²) < 4.78 is 20.3. The highest BCUT2D eigenvalue weighted by molar-refractivity contribution is 7.22. The first-order valence-corrected chi connectivity index (χ1v) is 10.0. The summed E-state index contributed by atoms with van der Waals surface area (Å²) in [6, 6.07) is 9.53. The van der Waals surface area contributed by atoms with Crippen molar-refractivity contribution >= 4 is 68.2 Å². The van der Waals surface area contributed by atoms with Crippen LogP contribution >= 0.6 is 46.9 Å². The second-order valence-corrected chi connectivity index (χ2v) is 8.15. The van der Waals surface area contributed by atoms with Crippen LogP contribution in [0.2, 0.25) is 10.0 Å². The number of halogens is 4. The predicted octanol–water partition coefficient (Wildman–Crippen LogP) is 5.14. The topological polar surface area (TPSA) is 45.7 Å². The molecule has 1 heterocycles. The van der Waals surface area contributed by atoms with Gasteiger partial charge in [0.25, 0.3) is 5.91 Å². The number of nitrogens with zero attached hydrogens (tertiary/aromatic N) is 3. The van der Waals surface area contributed by atoms with Crippen LogP contribution in [-0.2, 0) is 4.79 Å². The van der Waals surface area contributed by atoms with Gasteiger partial charge in [0.1, 0.15) is 17.1 Å². The van der Waals surface area contributed by atoms with E-state index in [1.54, 1.807) is 30.3 Å². The van der Waals surface area contributed by atoms with E-state index in [4.69, 9.17) is 27.9 Å². The lowest BCUT2D eigenvalue weighted by atomic mass is 10.3. The predicted molar refractivity (Wildman–Crippen MR) is 120 cm³/mol. The summed E-state index contributed by atoms with van der Waals surface area (Å²) in [5, 5.41) is 1.23. The third kappa shape index (κ3) is 5.93. The van der Waals surface area contributed by atoms with E-state index < -0.39 is 5.82 Å². The lowest BCUT2D eigenvalue weighted by Crippen LogP contribution is -2.39. The molecule has 1 amide bonds. The van der Waals surface area contributed by atoms with E-state index in [0.717, 1.165) is 0 Å². The van der Waals surface area contributed by atoms with Crippen LogP contribution in [0.5, 0.6) is 5.75 Å². The van der Waals surface area contributed by atoms with Gasteiger partial charge in [0.15, 0.2) is 11.7 Å². The molecule has 0 unspecified atom stereocenters. The van der Waals surface area contributed by atoms with Crippen LogP contribution in [0.3, 0.4) is 0 Å². The minimum atomic E-state index is -0.413. The minimum Gasteiger partial charge on any atom is -0.482 e. The number of hydrogen-bond acceptors (Lipinski definition) is 5. The number of benzene rings is 2. The van der Waals surface area contributed by atoms with E-state index in [2.05, 4.69) is 4.98 Å². The Bertz CT molecular complexity index is 1000. The van der Waals surface area contributed by atoms with Gasteiger partial charge in [0.2, 0.25) is 0 Å². The third-order valence-corrected chi connectivity index (χ3v) is 5.48. The molecule has 2 aromatic carbocycles. The molecular weight excluding hydrogens is 460 g/mol. The zero-order valence-electron chi connectivity index (χ0n) is 15.7. The van der Waals surface area contributed by atoms with Gasteiger partial charge in [0.05, 0.1) is 9.72 Å². The highest BCUT2D eigenvalue weighted by Crippen LogP contribution is 2.31. The Morgan fingerprint density at radius 1 is 1.21 bits per heavy atom. The standard InChI is InChI=1S/C19H18Cl2FN3O2S.ClH/c1-24(2)8-9-25(19-23-18-14(22)4-3-5-16(18)28-19)17(26)11-27-15-7-6-12(20)10-13(15)21;/h3-7,10H,8-9,11H2,1-2H3;1H. The van der Waals surface area contributed by atoms with E-state index >= 15 is 0 Å². The molecule has 29 heavy (non-hydrogen) atoms. The van der Waals surface area contributed by atoms with Crippen molar-refractivity contribution < 1.29 is 13.9 Å². The first-order valence-electron chi connectivity index (χ1n) is 8.43. The van der Waals surface area contributed by atoms with E-state index in [1.165, 1.54) is 22.3 Å². The van der Waals surface area contributed by atoms with Crippen molar-refractivity contribution in [2.45, 2.75) is 0 Å². The van der Waals surface area contributed by atoms with Gasteiger partial charge in [-0.2, -0.15) is 0 Å². The zero-order valence-corrected chi connectivity index (χ0v) is 18.8. The first-order chi connectivity index (χ1) is 13.3. The molecule has 0 N–H and O–H groups in total. The smallest absolute Gasteiger partial charge is 0.266 e. The molecule has 0 aliphatic heterocycles. The Labute approximate surface area is 188 Å². The SMILES string of the molecule is CN(C)CCN(C(=O)COc1ccc(Cl)cc1Cl)c1nc2c(F)cccc2s1.Cl. The fourth-order valence-electron chi connectivity index (χ4n) is 2.46. The number of hydrogen-bond donors (Lipinski definition) is 0. The van der Waals surface area contributed by atoms with Crippen LogP contribution < -0.4 is 9.64 Å². The van der Waals surface area contributed by atoms with Crippen LogP contribution in [0.4, 0.5) is 9.52 Å². The van der Waals surface area contributed by atoms with E-state index in [1.807, 2.05) is 19.0 Å². The van der Waals surface area contributed by atoms with Crippen molar-refractivity contribution in [3.8, 4) is 5.75 Å². The quantitative estimate of drug-likeness (QED) is 0.472. The highest BCUT2D eigenvalue weighted by atomic mass is 35.5. The molecular formula is C19H19Cl3FN3O2S. The lowest BCUT2D eigenvalue weighted by molar-refractivity contribution is -0.120. The van der Waals surface area contributed by atoms with Crippen molar-refractivity contribution in [3.63, 3.8) is 0 Å². The van der Waals surface area contributed by atoms with Gasteiger partial charge < -0.3 is 9.64 Å². The van der Waals surface area contributed by atoms with Gasteiger partial charge in [0, 0.05) is 18.1 Å². The lowest BCUT2D eigenvalue weighted by Gasteiger charge is -2.22. The number of ether oxygens (including phenoxy) is 1. The minimum absolute atomic E-state index is 0. The summed E-state index contributed by atoms with van der Waals surface area (Å²) in [4.78, 5) is 20.6. The summed E-state index contributed by atoms with van der Waals surface area (Å²) in [5.74, 6) is -0.348. The van der Waals surface area contributed by atoms with Crippen molar-refractivity contribution in [2.24, 2.45) is 0 Å². The second kappa shape index (κ2) is 10.4. The van der Waals surface area contributed by atoms with E-state index in [0.29, 0.717) is 38.7 Å². The van der Waals surface area contributed by atoms with Gasteiger partial charge in [-0.15, -0.1) is 12.4 Å². The molecule has 0 radical (unpaired) electrons. The number of amides is 1. The number of anilines is 1. The Balaban J connectivity index is 0.00000300. The average molecular weight is 479 g/mol. The molecule has 0 bridgehead atoms. The van der Waals surface area contributed by atoms with Crippen molar-refractivity contribution in [2.75, 3.05) is 38.7 Å². The molecule has 3 aromatic rings. The average Bonchev–Trinajstić information content (AvgIpc) is 3.06. The third-order valence-electron chi connectivity index (χ3n) is 3.91. The van der Waals surface area contributed by atoms with Gasteiger partial charge in [-0.1, -0.05) is 40.6 Å². The summed E-state index contributed by atoms with van der Waals surface area (Å²) in [6.07, 6.45) is 0. The molecule has 0 aliphatic carbocycles. The van der Waals surface area contributed by atoms with E-state index in [9.17, 15) is 9.18 Å². The molecule has 0 fully saturated rings. The molecule has 156 valence electrons. The Morgan fingerprint density at radius 3 is 2.62 bits per heavy atom. The summed E-state index contributed by atoms with van der Waals surface area (Å²) >= 11 is 13.2. The van der Waals surface area contributed by atoms with E-state index in [-0.39, 0.29) is 30.4 Å². The van der Waals surface area contributed by atoms with Gasteiger partial charge in [-0.25, -0.2) is 9.37 Å². The van der Waals surface area contributed by atoms with Crippen molar-refractivity contribution in [1.82, 2.24) is 9.88 Å². The maximum absolute atomic E-state index is 14.0. The monoisotopic (exact) mass is 477 g/mol. The Kier molecular flexibility index (Phi) is 8.48. The number of carbonyl (C=O) groups is 1. The molecule has 0 saturated heterocycles. The fraction of sp³-hybridized carbons (Fsp3) is 0.263. The number of thiazole rings is 1. The normalized spacial score (nSPS) is 10.8. The molecule has 3 rings (SSSR count). The van der Waals surface area contributed by atoms with Crippen LogP contribution in [0.1, 0.15) is 0 Å². The molecule has 10 heteroatoms. The fourth-order valence-corrected chi connectivity index (χ4v) is 3.94. The number of para-hydroxylation sites is 1. The summed E-state index contributed by atoms with van der Waals surface area (Å²) in [5.41, 5.74) is 0.256. The van der Waals surface area contributed by atoms with Crippen molar-refractivity contribution in [1.29, 1.82) is 0 Å². The van der Waals surface area contributed by atoms with Crippen LogP contribution in [0, 0.1) is 5.82 Å². The van der Waals surface area contributed by atoms with Crippen LogP contribution in [0.25, 0.3) is 10.2 Å². The van der Waals surface area contributed by atoms with Gasteiger partial charge in [-0.05, 0) is 44.4 Å². The Morgan fingerprint density at radius 2 is 1.97 bits per heavy atom. The number of aromatic nitrogens is 1. The molecule has 0 spiro atoms. The first kappa shape index (κ1) is 23.6. The molecule has 0 aliphatic rings. The molecule has 5 nitrogen and oxygen atoms in total. The summed E-state index contributed by atoms with van der Waals surface area (Å²) in [7, 11) is 3.81. The molecule has 1 aromatic heterocycles. The Hall–Kier alpha value is -1.64. The van der Waals surface area contributed by atoms with Gasteiger partial charge >= 0.3 is 0 Å². The van der Waals surface area contributed by atoms with Gasteiger partial charge in [-0.3, -0.25) is 9.69 Å². The van der Waals surface area contributed by atoms with Crippen LogP contribution in [0.15, 0.2) is 36.4 Å². The second-order valence-electron chi connectivity index (χ2n) is 6.30.